The van der Waals surface area contributed by atoms with Crippen LogP contribution in [-0.2, 0) is 13.5 Å². The summed E-state index contributed by atoms with van der Waals surface area (Å²) >= 11 is 17.4. The second-order valence-corrected chi connectivity index (χ2v) is 7.11. The van der Waals surface area contributed by atoms with Crippen molar-refractivity contribution in [3.8, 4) is 0 Å². The molecule has 20 heavy (non-hydrogen) atoms. The molecule has 1 aromatic carbocycles. The molecule has 0 radical (unpaired) electrons. The van der Waals surface area contributed by atoms with Gasteiger partial charge in [-0.1, -0.05) is 66.3 Å². The molecule has 0 amide bonds. The number of fused-ring (bicyclic) bond motifs is 1. The van der Waals surface area contributed by atoms with Crippen molar-refractivity contribution in [2.45, 2.75) is 30.0 Å². The fraction of sp³-hybridized carbons (Fsp3) is 0.400. The van der Waals surface area contributed by atoms with Crippen LogP contribution in [0.15, 0.2) is 24.3 Å². The Morgan fingerprint density at radius 3 is 2.50 bits per heavy atom. The molecule has 1 aromatic heterocycles. The van der Waals surface area contributed by atoms with E-state index in [1.807, 2.05) is 35.9 Å². The van der Waals surface area contributed by atoms with Crippen LogP contribution < -0.4 is 0 Å². The van der Waals surface area contributed by atoms with Gasteiger partial charge in [-0.3, -0.25) is 4.79 Å². The number of ketones is 1. The first-order chi connectivity index (χ1) is 9.38. The minimum atomic E-state index is -1.93. The van der Waals surface area contributed by atoms with Crippen LogP contribution in [-0.4, -0.2) is 14.1 Å². The van der Waals surface area contributed by atoms with Crippen molar-refractivity contribution in [3.63, 3.8) is 0 Å². The Morgan fingerprint density at radius 2 is 1.90 bits per heavy atom. The SMILES string of the molecule is CCCCc1c(C(=O)C(Cl)(Cl)Cl)c2ccccc2n1C. The van der Waals surface area contributed by atoms with Crippen LogP contribution in [0.1, 0.15) is 35.8 Å². The highest BCUT2D eigenvalue weighted by molar-refractivity contribution is 6.77. The normalized spacial score (nSPS) is 12.1. The molecule has 2 rings (SSSR count). The Kier molecular flexibility index (Phi) is 4.68. The molecule has 0 aliphatic rings. The van der Waals surface area contributed by atoms with Gasteiger partial charge in [-0.05, 0) is 18.9 Å². The number of nitrogens with zero attached hydrogens (tertiary/aromatic N) is 1. The monoisotopic (exact) mass is 331 g/mol. The topological polar surface area (TPSA) is 22.0 Å². The fourth-order valence-electron chi connectivity index (χ4n) is 2.48. The highest BCUT2D eigenvalue weighted by atomic mass is 35.6. The number of carbonyl (C=O) groups is 1. The molecule has 0 bridgehead atoms. The van der Waals surface area contributed by atoms with E-state index in [0.29, 0.717) is 5.56 Å². The third-order valence-corrected chi connectivity index (χ3v) is 3.99. The molecule has 0 fully saturated rings. The number of aryl methyl sites for hydroxylation is 1. The first-order valence-electron chi connectivity index (χ1n) is 6.55. The third-order valence-electron chi connectivity index (χ3n) is 3.48. The predicted molar refractivity (Wildman–Crippen MR) is 86.2 cm³/mol. The van der Waals surface area contributed by atoms with E-state index in [1.54, 1.807) is 0 Å². The molecule has 1 heterocycles. The molecule has 0 unspecified atom stereocenters. The lowest BCUT2D eigenvalue weighted by atomic mass is 10.0. The Hall–Kier alpha value is -0.700. The quantitative estimate of drug-likeness (QED) is 0.565. The van der Waals surface area contributed by atoms with Gasteiger partial charge in [-0.25, -0.2) is 0 Å². The van der Waals surface area contributed by atoms with Gasteiger partial charge in [0.25, 0.3) is 3.79 Å². The lowest BCUT2D eigenvalue weighted by Gasteiger charge is -2.12. The van der Waals surface area contributed by atoms with E-state index < -0.39 is 9.58 Å². The highest BCUT2D eigenvalue weighted by Gasteiger charge is 2.35. The molecule has 108 valence electrons. The smallest absolute Gasteiger partial charge is 0.253 e. The third kappa shape index (κ3) is 2.83. The maximum atomic E-state index is 12.5. The summed E-state index contributed by atoms with van der Waals surface area (Å²) in [6, 6.07) is 7.70. The molecule has 0 atom stereocenters. The number of aromatic nitrogens is 1. The number of halogens is 3. The van der Waals surface area contributed by atoms with Gasteiger partial charge in [0.1, 0.15) is 0 Å². The van der Waals surface area contributed by atoms with E-state index >= 15 is 0 Å². The Labute approximate surface area is 133 Å². The van der Waals surface area contributed by atoms with Gasteiger partial charge >= 0.3 is 0 Å². The van der Waals surface area contributed by atoms with E-state index in [2.05, 4.69) is 6.92 Å². The predicted octanol–water partition coefficient (Wildman–Crippen LogP) is 5.07. The van der Waals surface area contributed by atoms with Gasteiger partial charge in [0, 0.05) is 23.6 Å². The van der Waals surface area contributed by atoms with Gasteiger partial charge < -0.3 is 4.57 Å². The Morgan fingerprint density at radius 1 is 1.25 bits per heavy atom. The van der Waals surface area contributed by atoms with E-state index in [9.17, 15) is 4.79 Å². The Bertz CT molecular complexity index is 640. The van der Waals surface area contributed by atoms with E-state index in [1.165, 1.54) is 0 Å². The average Bonchev–Trinajstić information content (AvgIpc) is 2.68. The molecular formula is C15H16Cl3NO. The van der Waals surface area contributed by atoms with Gasteiger partial charge in [0.05, 0.1) is 5.56 Å². The second kappa shape index (κ2) is 5.97. The second-order valence-electron chi connectivity index (χ2n) is 4.83. The highest BCUT2D eigenvalue weighted by Crippen LogP contribution is 2.36. The maximum Gasteiger partial charge on any atom is 0.253 e. The molecule has 0 aliphatic heterocycles. The van der Waals surface area contributed by atoms with Gasteiger partial charge in [0.2, 0.25) is 5.78 Å². The van der Waals surface area contributed by atoms with E-state index in [4.69, 9.17) is 34.8 Å². The van der Waals surface area contributed by atoms with Crippen molar-refractivity contribution in [3.05, 3.63) is 35.5 Å². The average molecular weight is 333 g/mol. The molecule has 0 N–H and O–H groups in total. The zero-order chi connectivity index (χ0) is 14.9. The van der Waals surface area contributed by atoms with Crippen LogP contribution >= 0.6 is 34.8 Å². The number of unbranched alkanes of at least 4 members (excludes halogenated alkanes) is 1. The number of rotatable bonds is 4. The zero-order valence-corrected chi connectivity index (χ0v) is 13.7. The first kappa shape index (κ1) is 15.7. The van der Waals surface area contributed by atoms with Crippen LogP contribution in [0.4, 0.5) is 0 Å². The molecular weight excluding hydrogens is 317 g/mol. The van der Waals surface area contributed by atoms with E-state index in [-0.39, 0.29) is 0 Å². The van der Waals surface area contributed by atoms with Crippen LogP contribution in [0.3, 0.4) is 0 Å². The van der Waals surface area contributed by atoms with Crippen LogP contribution in [0.5, 0.6) is 0 Å². The number of hydrogen-bond acceptors (Lipinski definition) is 1. The summed E-state index contributed by atoms with van der Waals surface area (Å²) in [7, 11) is 1.95. The standard InChI is InChI=1S/C15H16Cl3NO/c1-3-4-8-12-13(14(20)15(16,17)18)10-7-5-6-9-11(10)19(12)2/h5-7,9H,3-4,8H2,1-2H3. The van der Waals surface area contributed by atoms with Crippen molar-refractivity contribution >= 4 is 51.5 Å². The summed E-state index contributed by atoms with van der Waals surface area (Å²) in [5.74, 6) is -0.453. The number of alkyl halides is 3. The summed E-state index contributed by atoms with van der Waals surface area (Å²) in [6.07, 6.45) is 2.83. The minimum absolute atomic E-state index is 0.453. The number of benzene rings is 1. The molecule has 0 saturated carbocycles. The first-order valence-corrected chi connectivity index (χ1v) is 7.69. The Balaban J connectivity index is 2.69. The lowest BCUT2D eigenvalue weighted by molar-refractivity contribution is 0.0996. The van der Waals surface area contributed by atoms with Gasteiger partial charge in [-0.15, -0.1) is 0 Å². The molecule has 0 aliphatic carbocycles. The zero-order valence-electron chi connectivity index (χ0n) is 11.4. The number of hydrogen-bond donors (Lipinski definition) is 0. The van der Waals surface area contributed by atoms with Crippen LogP contribution in [0.25, 0.3) is 10.9 Å². The van der Waals surface area contributed by atoms with Crippen molar-refractivity contribution < 1.29 is 4.79 Å². The summed E-state index contributed by atoms with van der Waals surface area (Å²) in [5.41, 5.74) is 2.46. The fourth-order valence-corrected chi connectivity index (χ4v) is 2.76. The van der Waals surface area contributed by atoms with Gasteiger partial charge in [0.15, 0.2) is 0 Å². The number of para-hydroxylation sites is 1. The van der Waals surface area contributed by atoms with Gasteiger partial charge in [-0.2, -0.15) is 0 Å². The summed E-state index contributed by atoms with van der Waals surface area (Å²) in [5, 5.41) is 0.845. The van der Waals surface area contributed by atoms with Crippen molar-refractivity contribution in [2.75, 3.05) is 0 Å². The molecule has 0 spiro atoms. The summed E-state index contributed by atoms with van der Waals surface area (Å²) in [6.45, 7) is 2.11. The molecule has 5 heteroatoms. The minimum Gasteiger partial charge on any atom is -0.347 e. The van der Waals surface area contributed by atoms with Crippen molar-refractivity contribution in [1.29, 1.82) is 0 Å². The maximum absolute atomic E-state index is 12.5. The van der Waals surface area contributed by atoms with E-state index in [0.717, 1.165) is 35.9 Å². The van der Waals surface area contributed by atoms with Crippen molar-refractivity contribution in [2.24, 2.45) is 7.05 Å². The molecule has 2 nitrogen and oxygen atoms in total. The van der Waals surface area contributed by atoms with Crippen LogP contribution in [0.2, 0.25) is 0 Å². The van der Waals surface area contributed by atoms with Crippen LogP contribution in [0, 0.1) is 0 Å². The summed E-state index contributed by atoms with van der Waals surface area (Å²) < 4.78 is 0.0969. The molecule has 0 saturated heterocycles. The lowest BCUT2D eigenvalue weighted by Crippen LogP contribution is -2.20. The largest absolute Gasteiger partial charge is 0.347 e. The summed E-state index contributed by atoms with van der Waals surface area (Å²) in [4.78, 5) is 12.5. The number of carbonyl (C=O) groups excluding carboxylic acids is 1. The number of Topliss-reactive ketones (excluding diaryl/α,β-unsaturated/α-hetero) is 1. The molecule has 2 aromatic rings. The van der Waals surface area contributed by atoms with Crippen molar-refractivity contribution in [1.82, 2.24) is 4.57 Å².